The van der Waals surface area contributed by atoms with Crippen LogP contribution in [0.15, 0.2) is 42.0 Å². The Hall–Kier alpha value is -2.29. The quantitative estimate of drug-likeness (QED) is 0.520. The van der Waals surface area contributed by atoms with Gasteiger partial charge in [-0.2, -0.15) is 0 Å². The van der Waals surface area contributed by atoms with E-state index < -0.39 is 0 Å². The number of benzene rings is 2. The van der Waals surface area contributed by atoms with Crippen molar-refractivity contribution >= 4 is 28.0 Å². The minimum atomic E-state index is -0.244. The number of anilines is 1. The first-order valence-corrected chi connectivity index (χ1v) is 7.23. The summed E-state index contributed by atoms with van der Waals surface area (Å²) >= 11 is 0. The number of ether oxygens (including phenoxy) is 1. The summed E-state index contributed by atoms with van der Waals surface area (Å²) in [6.45, 7) is 6.08. The van der Waals surface area contributed by atoms with Crippen molar-refractivity contribution in [2.45, 2.75) is 27.2 Å². The highest BCUT2D eigenvalue weighted by Crippen LogP contribution is 2.27. The minimum absolute atomic E-state index is 0.244. The fourth-order valence-electron chi connectivity index (χ4n) is 2.50. The van der Waals surface area contributed by atoms with Crippen LogP contribution in [0.3, 0.4) is 0 Å². The molecule has 3 nitrogen and oxygen atoms in total. The number of allylic oxidation sites excluding steroid dienone is 1. The second-order valence-corrected chi connectivity index (χ2v) is 5.00. The molecule has 0 fully saturated rings. The van der Waals surface area contributed by atoms with Crippen molar-refractivity contribution in [3.05, 3.63) is 47.5 Å². The number of carbonyl (C=O) groups is 1. The third kappa shape index (κ3) is 3.24. The monoisotopic (exact) mass is 283 g/mol. The molecule has 0 heterocycles. The highest BCUT2D eigenvalue weighted by atomic mass is 16.5. The van der Waals surface area contributed by atoms with E-state index in [9.17, 15) is 4.79 Å². The zero-order valence-electron chi connectivity index (χ0n) is 12.8. The summed E-state index contributed by atoms with van der Waals surface area (Å²) in [6, 6.07) is 12.0. The molecule has 2 N–H and O–H groups in total. The van der Waals surface area contributed by atoms with E-state index in [0.29, 0.717) is 12.2 Å². The molecule has 2 rings (SSSR count). The number of nitrogens with two attached hydrogens (primary N) is 1. The topological polar surface area (TPSA) is 52.3 Å². The van der Waals surface area contributed by atoms with E-state index in [1.807, 2.05) is 51.1 Å². The summed E-state index contributed by atoms with van der Waals surface area (Å²) in [5.74, 6) is -0.244. The molecule has 0 aromatic heterocycles. The highest BCUT2D eigenvalue weighted by molar-refractivity contribution is 5.98. The van der Waals surface area contributed by atoms with E-state index in [4.69, 9.17) is 10.5 Å². The van der Waals surface area contributed by atoms with E-state index in [1.54, 1.807) is 0 Å². The van der Waals surface area contributed by atoms with Gasteiger partial charge in [0.05, 0.1) is 6.61 Å². The minimum Gasteiger partial charge on any atom is -0.463 e. The number of rotatable bonds is 4. The van der Waals surface area contributed by atoms with Gasteiger partial charge in [-0.25, -0.2) is 4.79 Å². The number of hydrogen-bond donors (Lipinski definition) is 1. The Balaban J connectivity index is 2.49. The Labute approximate surface area is 125 Å². The predicted octanol–water partition coefficient (Wildman–Crippen LogP) is 4.17. The van der Waals surface area contributed by atoms with Crippen LogP contribution in [0.2, 0.25) is 0 Å². The Morgan fingerprint density at radius 2 is 1.76 bits per heavy atom. The average Bonchev–Trinajstić information content (AvgIpc) is 2.48. The third-order valence-electron chi connectivity index (χ3n) is 3.60. The van der Waals surface area contributed by atoms with Crippen LogP contribution in [0.4, 0.5) is 5.69 Å². The molecule has 0 aliphatic rings. The number of nitrogen functional groups attached to an aromatic ring is 1. The van der Waals surface area contributed by atoms with Crippen molar-refractivity contribution in [2.24, 2.45) is 0 Å². The molecule has 2 aromatic rings. The normalized spacial score (nSPS) is 12.1. The van der Waals surface area contributed by atoms with Gasteiger partial charge < -0.3 is 10.5 Å². The first-order valence-electron chi connectivity index (χ1n) is 7.23. The van der Waals surface area contributed by atoms with Gasteiger partial charge in [-0.05, 0) is 60.4 Å². The molecule has 0 atom stereocenters. The molecule has 0 aliphatic heterocycles. The molecule has 0 unspecified atom stereocenters. The zero-order chi connectivity index (χ0) is 15.4. The molecule has 21 heavy (non-hydrogen) atoms. The summed E-state index contributed by atoms with van der Waals surface area (Å²) < 4.78 is 5.10. The smallest absolute Gasteiger partial charge is 0.333 e. The Bertz CT molecular complexity index is 701. The maximum absolute atomic E-state index is 11.9. The van der Waals surface area contributed by atoms with Crippen molar-refractivity contribution < 1.29 is 9.53 Å². The van der Waals surface area contributed by atoms with Crippen molar-refractivity contribution in [1.29, 1.82) is 0 Å². The van der Waals surface area contributed by atoms with E-state index in [-0.39, 0.29) is 5.97 Å². The summed E-state index contributed by atoms with van der Waals surface area (Å²) in [5.41, 5.74) is 9.30. The van der Waals surface area contributed by atoms with Gasteiger partial charge in [-0.1, -0.05) is 25.1 Å². The van der Waals surface area contributed by atoms with E-state index >= 15 is 0 Å². The van der Waals surface area contributed by atoms with Crippen LogP contribution in [0.25, 0.3) is 16.3 Å². The van der Waals surface area contributed by atoms with Crippen LogP contribution in [0.5, 0.6) is 0 Å². The summed E-state index contributed by atoms with van der Waals surface area (Å²) in [6.07, 6.45) is 0.783. The molecule has 0 amide bonds. The molecule has 0 spiro atoms. The molecule has 3 heteroatoms. The molecule has 110 valence electrons. The second-order valence-electron chi connectivity index (χ2n) is 5.00. The van der Waals surface area contributed by atoms with Crippen LogP contribution in [0, 0.1) is 0 Å². The number of esters is 1. The van der Waals surface area contributed by atoms with Crippen molar-refractivity contribution in [2.75, 3.05) is 12.3 Å². The largest absolute Gasteiger partial charge is 0.463 e. The van der Waals surface area contributed by atoms with Gasteiger partial charge in [0.25, 0.3) is 0 Å². The van der Waals surface area contributed by atoms with Gasteiger partial charge in [0.1, 0.15) is 0 Å². The molecule has 0 radical (unpaired) electrons. The Kier molecular flexibility index (Phi) is 4.63. The molecule has 2 aromatic carbocycles. The fraction of sp³-hybridized carbons (Fsp3) is 0.278. The predicted molar refractivity (Wildman–Crippen MR) is 87.9 cm³/mol. The van der Waals surface area contributed by atoms with Crippen LogP contribution in [-0.4, -0.2) is 12.6 Å². The highest BCUT2D eigenvalue weighted by Gasteiger charge is 2.12. The van der Waals surface area contributed by atoms with Crippen LogP contribution < -0.4 is 5.73 Å². The van der Waals surface area contributed by atoms with Gasteiger partial charge in [-0.15, -0.1) is 0 Å². The van der Waals surface area contributed by atoms with Gasteiger partial charge in [-0.3, -0.25) is 0 Å². The third-order valence-corrected chi connectivity index (χ3v) is 3.60. The van der Waals surface area contributed by atoms with Crippen molar-refractivity contribution in [1.82, 2.24) is 0 Å². The molecular weight excluding hydrogens is 262 g/mol. The van der Waals surface area contributed by atoms with Crippen molar-refractivity contribution in [3.8, 4) is 0 Å². The zero-order valence-corrected chi connectivity index (χ0v) is 12.8. The summed E-state index contributed by atoms with van der Waals surface area (Å²) in [4.78, 5) is 11.9. The standard InChI is InChI=1S/C18H21NO2/c1-4-17(12(3)18(20)21-5-2)15-7-6-14-11-16(19)9-8-13(14)10-15/h6-11H,4-5,19H2,1-3H3. The maximum atomic E-state index is 11.9. The SMILES string of the molecule is CCOC(=O)C(C)=C(CC)c1ccc2cc(N)ccc2c1. The maximum Gasteiger partial charge on any atom is 0.333 e. The number of fused-ring (bicyclic) bond motifs is 1. The summed E-state index contributed by atoms with van der Waals surface area (Å²) in [7, 11) is 0. The van der Waals surface area contributed by atoms with Crippen LogP contribution >= 0.6 is 0 Å². The van der Waals surface area contributed by atoms with Crippen LogP contribution in [0.1, 0.15) is 32.8 Å². The van der Waals surface area contributed by atoms with Gasteiger partial charge in [0, 0.05) is 11.3 Å². The number of carbonyl (C=O) groups excluding carboxylic acids is 1. The van der Waals surface area contributed by atoms with Gasteiger partial charge in [0.2, 0.25) is 0 Å². The molecule has 0 bridgehead atoms. The molecular formula is C18H21NO2. The second kappa shape index (κ2) is 6.44. The molecule has 0 aliphatic carbocycles. The first-order chi connectivity index (χ1) is 10.1. The lowest BCUT2D eigenvalue weighted by Crippen LogP contribution is -2.07. The lowest BCUT2D eigenvalue weighted by Gasteiger charge is -2.11. The van der Waals surface area contributed by atoms with Gasteiger partial charge in [0.15, 0.2) is 0 Å². The Morgan fingerprint density at radius 3 is 2.43 bits per heavy atom. The lowest BCUT2D eigenvalue weighted by molar-refractivity contribution is -0.138. The fourth-order valence-corrected chi connectivity index (χ4v) is 2.50. The van der Waals surface area contributed by atoms with Crippen LogP contribution in [-0.2, 0) is 9.53 Å². The first kappa shape index (κ1) is 15.1. The van der Waals surface area contributed by atoms with Crippen molar-refractivity contribution in [3.63, 3.8) is 0 Å². The molecule has 0 saturated carbocycles. The Morgan fingerprint density at radius 1 is 1.10 bits per heavy atom. The molecule has 0 saturated heterocycles. The van der Waals surface area contributed by atoms with E-state index in [1.165, 1.54) is 0 Å². The van der Waals surface area contributed by atoms with E-state index in [2.05, 4.69) is 6.07 Å². The number of hydrogen-bond acceptors (Lipinski definition) is 3. The van der Waals surface area contributed by atoms with Gasteiger partial charge >= 0.3 is 5.97 Å². The summed E-state index contributed by atoms with van der Waals surface area (Å²) in [5, 5.41) is 2.22. The van der Waals surface area contributed by atoms with E-state index in [0.717, 1.165) is 34.0 Å². The lowest BCUT2D eigenvalue weighted by atomic mass is 9.96. The average molecular weight is 283 g/mol.